The van der Waals surface area contributed by atoms with Crippen LogP contribution in [-0.2, 0) is 22.5 Å². The molecular weight excluding hydrogens is 414 g/mol. The Morgan fingerprint density at radius 3 is 2.45 bits per heavy atom. The van der Waals surface area contributed by atoms with Crippen molar-refractivity contribution in [3.05, 3.63) is 77.3 Å². The lowest BCUT2D eigenvalue weighted by molar-refractivity contribution is -0.138. The molecule has 4 aromatic rings. The molecule has 0 saturated carbocycles. The van der Waals surface area contributed by atoms with E-state index in [1.807, 2.05) is 24.3 Å². The van der Waals surface area contributed by atoms with Gasteiger partial charge in [0.15, 0.2) is 0 Å². The minimum Gasteiger partial charge on any atom is -0.755 e. The quantitative estimate of drug-likeness (QED) is 0.455. The van der Waals surface area contributed by atoms with Crippen molar-refractivity contribution in [1.29, 1.82) is 0 Å². The highest BCUT2D eigenvalue weighted by atomic mass is 35.5. The van der Waals surface area contributed by atoms with Crippen LogP contribution in [-0.4, -0.2) is 25.9 Å². The molecule has 0 fully saturated rings. The van der Waals surface area contributed by atoms with Crippen LogP contribution in [0.5, 0.6) is 0 Å². The number of anilines is 1. The standard InChI is InChI=1S/C21H16ClNO5S/c22-14-7-5-13(6-8-14)11-18(21(24)25)23(29(26)27)15-9-10-20-17(12-15)16-3-1-2-4-19(16)28-20/h1-10,12,18H,11H2,(H,24,25)(H,26,27)/p-1. The van der Waals surface area contributed by atoms with Gasteiger partial charge in [0.2, 0.25) is 0 Å². The minimum absolute atomic E-state index is 0.00927. The number of carboxylic acid groups (broad SMARTS) is 1. The third-order valence-corrected chi connectivity index (χ3v) is 5.72. The van der Waals surface area contributed by atoms with Gasteiger partial charge in [0.25, 0.3) is 0 Å². The third kappa shape index (κ3) is 3.85. The molecule has 1 N–H and O–H groups in total. The summed E-state index contributed by atoms with van der Waals surface area (Å²) in [5.41, 5.74) is 2.17. The van der Waals surface area contributed by atoms with E-state index >= 15 is 0 Å². The van der Waals surface area contributed by atoms with Crippen LogP contribution in [0, 0.1) is 0 Å². The number of carboxylic acids is 1. The first-order chi connectivity index (χ1) is 13.9. The smallest absolute Gasteiger partial charge is 0.327 e. The highest BCUT2D eigenvalue weighted by molar-refractivity contribution is 7.80. The first-order valence-electron chi connectivity index (χ1n) is 8.71. The Bertz CT molecular complexity index is 1220. The van der Waals surface area contributed by atoms with E-state index in [2.05, 4.69) is 0 Å². The van der Waals surface area contributed by atoms with Crippen LogP contribution in [0.15, 0.2) is 71.1 Å². The SMILES string of the molecule is O=C(O)C(Cc1ccc(Cl)cc1)N(c1ccc2oc3ccccc3c2c1)S(=O)[O-]. The molecule has 2 unspecified atom stereocenters. The van der Waals surface area contributed by atoms with Gasteiger partial charge in [-0.15, -0.1) is 0 Å². The molecule has 0 bridgehead atoms. The van der Waals surface area contributed by atoms with Crippen molar-refractivity contribution in [3.8, 4) is 0 Å². The van der Waals surface area contributed by atoms with Crippen molar-refractivity contribution >= 4 is 56.5 Å². The van der Waals surface area contributed by atoms with Gasteiger partial charge in [0.1, 0.15) is 17.2 Å². The van der Waals surface area contributed by atoms with E-state index in [1.54, 1.807) is 36.4 Å². The van der Waals surface area contributed by atoms with Crippen LogP contribution >= 0.6 is 11.6 Å². The lowest BCUT2D eigenvalue weighted by atomic mass is 10.1. The van der Waals surface area contributed by atoms with E-state index in [-0.39, 0.29) is 12.1 Å². The molecule has 0 aliphatic rings. The zero-order valence-corrected chi connectivity index (χ0v) is 16.5. The summed E-state index contributed by atoms with van der Waals surface area (Å²) in [4.78, 5) is 12.0. The fraction of sp³-hybridized carbons (Fsp3) is 0.0952. The molecular formula is C21H15ClNO5S-. The third-order valence-electron chi connectivity index (χ3n) is 4.69. The zero-order valence-electron chi connectivity index (χ0n) is 14.9. The second-order valence-corrected chi connectivity index (χ2v) is 7.77. The highest BCUT2D eigenvalue weighted by Crippen LogP contribution is 2.33. The summed E-state index contributed by atoms with van der Waals surface area (Å²) in [7, 11) is 0. The second-order valence-electron chi connectivity index (χ2n) is 6.51. The number of fused-ring (bicyclic) bond motifs is 3. The molecule has 1 aromatic heterocycles. The van der Waals surface area contributed by atoms with E-state index in [0.717, 1.165) is 9.69 Å². The van der Waals surface area contributed by atoms with Crippen LogP contribution in [0.1, 0.15) is 5.56 Å². The Morgan fingerprint density at radius 2 is 1.76 bits per heavy atom. The lowest BCUT2D eigenvalue weighted by Crippen LogP contribution is -2.44. The first kappa shape index (κ1) is 19.4. The Hall–Kier alpha value is -2.87. The Kier molecular flexibility index (Phi) is 5.27. The van der Waals surface area contributed by atoms with E-state index < -0.39 is 23.3 Å². The molecule has 0 aliphatic heterocycles. The molecule has 148 valence electrons. The highest BCUT2D eigenvalue weighted by Gasteiger charge is 2.28. The van der Waals surface area contributed by atoms with E-state index in [4.69, 9.17) is 16.0 Å². The van der Waals surface area contributed by atoms with Crippen molar-refractivity contribution < 1.29 is 23.1 Å². The Morgan fingerprint density at radius 1 is 1.07 bits per heavy atom. The first-order valence-corrected chi connectivity index (χ1v) is 10.1. The van der Waals surface area contributed by atoms with Crippen molar-refractivity contribution in [1.82, 2.24) is 0 Å². The average Bonchev–Trinajstić information content (AvgIpc) is 3.07. The molecule has 1 heterocycles. The van der Waals surface area contributed by atoms with Crippen LogP contribution in [0.3, 0.4) is 0 Å². The average molecular weight is 429 g/mol. The summed E-state index contributed by atoms with van der Waals surface area (Å²) in [6.45, 7) is 0. The van der Waals surface area contributed by atoms with Gasteiger partial charge in [-0.2, -0.15) is 0 Å². The molecule has 4 rings (SSSR count). The van der Waals surface area contributed by atoms with E-state index in [9.17, 15) is 18.7 Å². The molecule has 0 saturated heterocycles. The number of carbonyl (C=O) groups is 1. The molecule has 6 nitrogen and oxygen atoms in total. The number of halogens is 1. The number of nitrogens with zero attached hydrogens (tertiary/aromatic N) is 1. The van der Waals surface area contributed by atoms with E-state index in [1.165, 1.54) is 6.07 Å². The molecule has 29 heavy (non-hydrogen) atoms. The zero-order chi connectivity index (χ0) is 20.5. The molecule has 3 aromatic carbocycles. The Labute approximate surface area is 173 Å². The Balaban J connectivity index is 1.78. The summed E-state index contributed by atoms with van der Waals surface area (Å²) in [5.74, 6) is -1.25. The van der Waals surface area contributed by atoms with Crippen molar-refractivity contribution in [2.45, 2.75) is 12.5 Å². The van der Waals surface area contributed by atoms with Crippen molar-refractivity contribution in [2.24, 2.45) is 0 Å². The van der Waals surface area contributed by atoms with Gasteiger partial charge in [-0.3, -0.25) is 8.51 Å². The lowest BCUT2D eigenvalue weighted by Gasteiger charge is -2.32. The van der Waals surface area contributed by atoms with Crippen LogP contribution < -0.4 is 4.31 Å². The van der Waals surface area contributed by atoms with Crippen LogP contribution in [0.2, 0.25) is 5.02 Å². The van der Waals surface area contributed by atoms with Crippen molar-refractivity contribution in [2.75, 3.05) is 4.31 Å². The predicted molar refractivity (Wildman–Crippen MR) is 112 cm³/mol. The van der Waals surface area contributed by atoms with Gasteiger partial charge in [-0.25, -0.2) is 4.79 Å². The largest absolute Gasteiger partial charge is 0.755 e. The number of hydrogen-bond acceptors (Lipinski definition) is 4. The van der Waals surface area contributed by atoms with Crippen molar-refractivity contribution in [3.63, 3.8) is 0 Å². The maximum atomic E-state index is 12.0. The molecule has 0 radical (unpaired) electrons. The predicted octanol–water partition coefficient (Wildman–Crippen LogP) is 4.54. The number of furan rings is 1. The van der Waals surface area contributed by atoms with Crippen LogP contribution in [0.25, 0.3) is 21.9 Å². The summed E-state index contributed by atoms with van der Waals surface area (Å²) in [5, 5.41) is 11.8. The number of hydrogen-bond donors (Lipinski definition) is 1. The molecule has 8 heteroatoms. The second kappa shape index (κ2) is 7.87. The molecule has 2 atom stereocenters. The summed E-state index contributed by atoms with van der Waals surface area (Å²) >= 11 is 3.08. The maximum Gasteiger partial charge on any atom is 0.327 e. The monoisotopic (exact) mass is 428 g/mol. The molecule has 0 spiro atoms. The van der Waals surface area contributed by atoms with Gasteiger partial charge in [-0.1, -0.05) is 41.9 Å². The van der Waals surface area contributed by atoms with Gasteiger partial charge in [0.05, 0.1) is 5.69 Å². The van der Waals surface area contributed by atoms with Gasteiger partial charge in [-0.05, 0) is 42.0 Å². The fourth-order valence-corrected chi connectivity index (χ4v) is 4.12. The summed E-state index contributed by atoms with van der Waals surface area (Å²) in [6.07, 6.45) is -0.00927. The summed E-state index contributed by atoms with van der Waals surface area (Å²) in [6, 6.07) is 17.5. The maximum absolute atomic E-state index is 12.0. The number of rotatable bonds is 6. The minimum atomic E-state index is -2.80. The van der Waals surface area contributed by atoms with Crippen LogP contribution in [0.4, 0.5) is 5.69 Å². The topological polar surface area (TPSA) is 93.8 Å². The molecule has 0 aliphatic carbocycles. The number of benzene rings is 3. The fourth-order valence-electron chi connectivity index (χ4n) is 3.34. The van der Waals surface area contributed by atoms with Gasteiger partial charge < -0.3 is 14.1 Å². The normalized spacial score (nSPS) is 13.4. The van der Waals surface area contributed by atoms with Gasteiger partial charge >= 0.3 is 5.97 Å². The number of para-hydroxylation sites is 1. The number of aliphatic carboxylic acids is 1. The molecule has 0 amide bonds. The van der Waals surface area contributed by atoms with E-state index in [0.29, 0.717) is 27.1 Å². The summed E-state index contributed by atoms with van der Waals surface area (Å²) < 4.78 is 30.7. The van der Waals surface area contributed by atoms with Gasteiger partial charge in [0, 0.05) is 33.5 Å².